The molecule has 0 radical (unpaired) electrons. The first-order chi connectivity index (χ1) is 6.83. The summed E-state index contributed by atoms with van der Waals surface area (Å²) in [4.78, 5) is 11.4. The van der Waals surface area contributed by atoms with E-state index in [1.165, 1.54) is 12.8 Å². The van der Waals surface area contributed by atoms with Gasteiger partial charge in [0, 0.05) is 12.0 Å². The maximum Gasteiger partial charge on any atom is 0.163 e. The van der Waals surface area contributed by atoms with E-state index in [1.807, 2.05) is 18.2 Å². The fraction of sp³-hybridized carbons (Fsp3) is 0.417. The lowest BCUT2D eigenvalue weighted by atomic mass is 10.1. The summed E-state index contributed by atoms with van der Waals surface area (Å²) >= 11 is 0. The van der Waals surface area contributed by atoms with E-state index in [0.29, 0.717) is 12.5 Å². The van der Waals surface area contributed by atoms with E-state index >= 15 is 0 Å². The van der Waals surface area contributed by atoms with Gasteiger partial charge in [-0.15, -0.1) is 0 Å². The molecule has 2 nitrogen and oxygen atoms in total. The molecule has 2 aliphatic carbocycles. The molecule has 0 unspecified atom stereocenters. The van der Waals surface area contributed by atoms with Gasteiger partial charge in [-0.2, -0.15) is 0 Å². The lowest BCUT2D eigenvalue weighted by Crippen LogP contribution is -1.97. The second-order valence-electron chi connectivity index (χ2n) is 4.06. The second kappa shape index (κ2) is 2.84. The Hall–Kier alpha value is -1.31. The molecule has 0 saturated heterocycles. The van der Waals surface area contributed by atoms with Crippen molar-refractivity contribution >= 4 is 5.78 Å². The van der Waals surface area contributed by atoms with Crippen LogP contribution < -0.4 is 4.74 Å². The highest BCUT2D eigenvalue weighted by Crippen LogP contribution is 2.30. The Kier molecular flexibility index (Phi) is 1.63. The van der Waals surface area contributed by atoms with Crippen LogP contribution in [-0.2, 0) is 6.42 Å². The highest BCUT2D eigenvalue weighted by molar-refractivity contribution is 6.00. The summed E-state index contributed by atoms with van der Waals surface area (Å²) in [7, 11) is 0. The normalized spacial score (nSPS) is 19.6. The van der Waals surface area contributed by atoms with Crippen LogP contribution in [0.15, 0.2) is 18.2 Å². The second-order valence-corrected chi connectivity index (χ2v) is 4.06. The largest absolute Gasteiger partial charge is 0.490 e. The van der Waals surface area contributed by atoms with Crippen LogP contribution >= 0.6 is 0 Å². The van der Waals surface area contributed by atoms with E-state index in [-0.39, 0.29) is 5.78 Å². The highest BCUT2D eigenvalue weighted by atomic mass is 16.5. The van der Waals surface area contributed by atoms with Gasteiger partial charge in [-0.3, -0.25) is 4.79 Å². The number of carbonyl (C=O) groups is 1. The molecule has 14 heavy (non-hydrogen) atoms. The van der Waals surface area contributed by atoms with Gasteiger partial charge >= 0.3 is 0 Å². The fourth-order valence-corrected chi connectivity index (χ4v) is 1.88. The van der Waals surface area contributed by atoms with E-state index < -0.39 is 0 Å². The molecule has 0 aliphatic heterocycles. The van der Waals surface area contributed by atoms with E-state index in [4.69, 9.17) is 4.74 Å². The molecule has 0 spiro atoms. The van der Waals surface area contributed by atoms with Gasteiger partial charge in [0.05, 0.1) is 6.10 Å². The molecule has 3 rings (SSSR count). The lowest BCUT2D eigenvalue weighted by Gasteiger charge is -2.05. The number of hydrogen-bond donors (Lipinski definition) is 0. The summed E-state index contributed by atoms with van der Waals surface area (Å²) < 4.78 is 5.67. The Morgan fingerprint density at radius 1 is 1.21 bits per heavy atom. The molecule has 0 aromatic heterocycles. The van der Waals surface area contributed by atoms with Crippen LogP contribution in [0.1, 0.15) is 35.2 Å². The quantitative estimate of drug-likeness (QED) is 0.712. The average Bonchev–Trinajstić information content (AvgIpc) is 2.92. The molecule has 72 valence electrons. The zero-order chi connectivity index (χ0) is 9.54. The highest BCUT2D eigenvalue weighted by Gasteiger charge is 2.25. The summed E-state index contributed by atoms with van der Waals surface area (Å²) in [6, 6.07) is 5.85. The molecule has 0 bridgehead atoms. The smallest absolute Gasteiger partial charge is 0.163 e. The van der Waals surface area contributed by atoms with Gasteiger partial charge in [0.15, 0.2) is 5.78 Å². The molecular weight excluding hydrogens is 176 g/mol. The number of Topliss-reactive ketones (excluding diaryl/α,β-unsaturated/α-hetero) is 1. The topological polar surface area (TPSA) is 26.3 Å². The number of aryl methyl sites for hydroxylation is 1. The van der Waals surface area contributed by atoms with Crippen LogP contribution in [0.3, 0.4) is 0 Å². The summed E-state index contributed by atoms with van der Waals surface area (Å²) in [6.45, 7) is 0. The predicted molar refractivity (Wildman–Crippen MR) is 52.7 cm³/mol. The van der Waals surface area contributed by atoms with Gasteiger partial charge < -0.3 is 4.74 Å². The van der Waals surface area contributed by atoms with Crippen molar-refractivity contribution in [2.45, 2.75) is 31.8 Å². The third kappa shape index (κ3) is 1.31. The average molecular weight is 188 g/mol. The third-order valence-corrected chi connectivity index (χ3v) is 2.83. The predicted octanol–water partition coefficient (Wildman–Crippen LogP) is 2.36. The summed E-state index contributed by atoms with van der Waals surface area (Å²) in [5.74, 6) is 1.21. The molecule has 0 N–H and O–H groups in total. The number of rotatable bonds is 2. The molecule has 2 aliphatic rings. The molecular formula is C12H12O2. The molecule has 0 amide bonds. The number of ketones is 1. The first-order valence-electron chi connectivity index (χ1n) is 5.16. The maximum atomic E-state index is 11.4. The summed E-state index contributed by atoms with van der Waals surface area (Å²) in [6.07, 6.45) is 4.34. The van der Waals surface area contributed by atoms with Crippen molar-refractivity contribution in [3.63, 3.8) is 0 Å². The maximum absolute atomic E-state index is 11.4. The van der Waals surface area contributed by atoms with Crippen molar-refractivity contribution in [2.75, 3.05) is 0 Å². The van der Waals surface area contributed by atoms with Gasteiger partial charge in [0.1, 0.15) is 5.75 Å². The van der Waals surface area contributed by atoms with Gasteiger partial charge in [0.25, 0.3) is 0 Å². The Balaban J connectivity index is 1.90. The van der Waals surface area contributed by atoms with Gasteiger partial charge in [-0.1, -0.05) is 0 Å². The van der Waals surface area contributed by atoms with Crippen molar-refractivity contribution in [3.8, 4) is 5.75 Å². The number of fused-ring (bicyclic) bond motifs is 1. The number of carbonyl (C=O) groups excluding carboxylic acids is 1. The van der Waals surface area contributed by atoms with E-state index in [2.05, 4.69) is 0 Å². The minimum Gasteiger partial charge on any atom is -0.490 e. The third-order valence-electron chi connectivity index (χ3n) is 2.83. The molecule has 1 saturated carbocycles. The van der Waals surface area contributed by atoms with Gasteiger partial charge in [-0.05, 0) is 43.0 Å². The molecule has 1 aromatic rings. The van der Waals surface area contributed by atoms with E-state index in [1.54, 1.807) is 0 Å². The van der Waals surface area contributed by atoms with Crippen molar-refractivity contribution in [3.05, 3.63) is 29.3 Å². The summed E-state index contributed by atoms with van der Waals surface area (Å²) in [5, 5.41) is 0. The molecule has 1 fully saturated rings. The number of benzene rings is 1. The first-order valence-corrected chi connectivity index (χ1v) is 5.16. The van der Waals surface area contributed by atoms with E-state index in [9.17, 15) is 4.79 Å². The molecule has 0 heterocycles. The van der Waals surface area contributed by atoms with Crippen LogP contribution in [0.4, 0.5) is 0 Å². The molecule has 1 aromatic carbocycles. The van der Waals surface area contributed by atoms with Crippen molar-refractivity contribution in [1.82, 2.24) is 0 Å². The van der Waals surface area contributed by atoms with Gasteiger partial charge in [-0.25, -0.2) is 0 Å². The Labute approximate surface area is 82.9 Å². The number of hydrogen-bond acceptors (Lipinski definition) is 2. The SMILES string of the molecule is O=C1CCc2cc(OC3CC3)ccc21. The van der Waals surface area contributed by atoms with Crippen LogP contribution in [0, 0.1) is 0 Å². The fourth-order valence-electron chi connectivity index (χ4n) is 1.88. The standard InChI is InChI=1S/C12H12O2/c13-12-6-1-8-7-10(4-5-11(8)12)14-9-2-3-9/h4-5,7,9H,1-3,6H2. The first kappa shape index (κ1) is 8.04. The molecule has 2 heteroatoms. The minimum atomic E-state index is 0.276. The Morgan fingerprint density at radius 2 is 2.07 bits per heavy atom. The van der Waals surface area contributed by atoms with Crippen LogP contribution in [0.5, 0.6) is 5.75 Å². The van der Waals surface area contributed by atoms with Crippen LogP contribution in [0.2, 0.25) is 0 Å². The van der Waals surface area contributed by atoms with Gasteiger partial charge in [0.2, 0.25) is 0 Å². The van der Waals surface area contributed by atoms with Crippen LogP contribution in [-0.4, -0.2) is 11.9 Å². The monoisotopic (exact) mass is 188 g/mol. The zero-order valence-electron chi connectivity index (χ0n) is 7.95. The molecule has 0 atom stereocenters. The van der Waals surface area contributed by atoms with Crippen molar-refractivity contribution in [2.24, 2.45) is 0 Å². The summed E-state index contributed by atoms with van der Waals surface area (Å²) in [5.41, 5.74) is 2.06. The van der Waals surface area contributed by atoms with Crippen molar-refractivity contribution < 1.29 is 9.53 Å². The van der Waals surface area contributed by atoms with E-state index in [0.717, 1.165) is 23.3 Å². The lowest BCUT2D eigenvalue weighted by molar-refractivity contribution is 0.0994. The number of ether oxygens (including phenoxy) is 1. The Bertz CT molecular complexity index is 391. The van der Waals surface area contributed by atoms with Crippen LogP contribution in [0.25, 0.3) is 0 Å². The minimum absolute atomic E-state index is 0.276. The zero-order valence-corrected chi connectivity index (χ0v) is 7.95. The van der Waals surface area contributed by atoms with Crippen molar-refractivity contribution in [1.29, 1.82) is 0 Å². The Morgan fingerprint density at radius 3 is 2.86 bits per heavy atom.